The Morgan fingerprint density at radius 2 is 2.00 bits per heavy atom. The Kier molecular flexibility index (Phi) is 7.65. The number of pyridine rings is 1. The third-order valence-corrected chi connectivity index (χ3v) is 8.48. The SMILES string of the molecule is COc1nc(N(C)C2CCNC2)c2cnc(-c3cccc4cccc(C#N)c34)c(F)c2n1.FC1CC2CCCN2C1. The van der Waals surface area contributed by atoms with Crippen LogP contribution in [-0.4, -0.2) is 78.4 Å². The molecule has 0 amide bonds. The molecule has 4 aromatic rings. The normalized spacial score (nSPS) is 21.9. The van der Waals surface area contributed by atoms with Gasteiger partial charge in [-0.1, -0.05) is 30.3 Å². The molecule has 5 heterocycles. The zero-order chi connectivity index (χ0) is 28.5. The summed E-state index contributed by atoms with van der Waals surface area (Å²) in [6.45, 7) is 3.61. The number of nitrogens with zero attached hydrogens (tertiary/aromatic N) is 6. The zero-order valence-electron chi connectivity index (χ0n) is 23.3. The number of nitriles is 1. The van der Waals surface area contributed by atoms with E-state index >= 15 is 4.39 Å². The van der Waals surface area contributed by atoms with E-state index in [4.69, 9.17) is 4.74 Å². The number of methoxy groups -OCH3 is 1. The fourth-order valence-corrected chi connectivity index (χ4v) is 6.37. The molecule has 3 atom stereocenters. The van der Waals surface area contributed by atoms with E-state index in [0.29, 0.717) is 40.3 Å². The van der Waals surface area contributed by atoms with Crippen LogP contribution in [0.25, 0.3) is 32.9 Å². The van der Waals surface area contributed by atoms with E-state index in [1.54, 1.807) is 18.3 Å². The molecule has 0 aliphatic carbocycles. The van der Waals surface area contributed by atoms with Crippen LogP contribution in [0.15, 0.2) is 42.6 Å². The number of benzene rings is 2. The highest BCUT2D eigenvalue weighted by molar-refractivity contribution is 6.01. The first-order valence-electron chi connectivity index (χ1n) is 14.1. The van der Waals surface area contributed by atoms with Crippen LogP contribution in [-0.2, 0) is 0 Å². The molecule has 3 saturated heterocycles. The molecule has 3 aliphatic heterocycles. The largest absolute Gasteiger partial charge is 0.467 e. The van der Waals surface area contributed by atoms with Gasteiger partial charge in [0, 0.05) is 49.4 Å². The van der Waals surface area contributed by atoms with Gasteiger partial charge in [0.05, 0.1) is 24.1 Å². The molecule has 3 aliphatic rings. The first-order valence-corrected chi connectivity index (χ1v) is 14.1. The fourth-order valence-electron chi connectivity index (χ4n) is 6.37. The summed E-state index contributed by atoms with van der Waals surface area (Å²) < 4.78 is 33.8. The minimum absolute atomic E-state index is 0.0944. The number of aromatic nitrogens is 3. The first-order chi connectivity index (χ1) is 20.0. The van der Waals surface area contributed by atoms with Crippen LogP contribution >= 0.6 is 0 Å². The number of alkyl halides is 1. The number of fused-ring (bicyclic) bond motifs is 3. The topological polar surface area (TPSA) is 90.2 Å². The summed E-state index contributed by atoms with van der Waals surface area (Å²) >= 11 is 0. The molecule has 2 aromatic heterocycles. The molecule has 0 saturated carbocycles. The van der Waals surface area contributed by atoms with Crippen molar-refractivity contribution in [1.29, 1.82) is 5.26 Å². The predicted molar refractivity (Wildman–Crippen MR) is 155 cm³/mol. The Hall–Kier alpha value is -3.94. The second kappa shape index (κ2) is 11.5. The minimum atomic E-state index is -0.567. The lowest BCUT2D eigenvalue weighted by molar-refractivity contribution is 0.292. The van der Waals surface area contributed by atoms with Crippen LogP contribution in [0.2, 0.25) is 0 Å². The third-order valence-electron chi connectivity index (χ3n) is 8.48. The minimum Gasteiger partial charge on any atom is -0.467 e. The molecule has 7 rings (SSSR count). The summed E-state index contributed by atoms with van der Waals surface area (Å²) in [4.78, 5) is 17.6. The van der Waals surface area contributed by atoms with Gasteiger partial charge in [0.25, 0.3) is 0 Å². The Bertz CT molecular complexity index is 1600. The Morgan fingerprint density at radius 3 is 2.73 bits per heavy atom. The highest BCUT2D eigenvalue weighted by atomic mass is 19.1. The Labute approximate surface area is 238 Å². The van der Waals surface area contributed by atoms with E-state index in [2.05, 4.69) is 31.2 Å². The highest BCUT2D eigenvalue weighted by Crippen LogP contribution is 2.36. The maximum atomic E-state index is 15.9. The van der Waals surface area contributed by atoms with E-state index < -0.39 is 12.0 Å². The van der Waals surface area contributed by atoms with Crippen LogP contribution in [0.5, 0.6) is 6.01 Å². The Morgan fingerprint density at radius 1 is 1.17 bits per heavy atom. The van der Waals surface area contributed by atoms with Gasteiger partial charge in [-0.2, -0.15) is 15.2 Å². The fraction of sp³-hybridized carbons (Fsp3) is 0.419. The van der Waals surface area contributed by atoms with Crippen molar-refractivity contribution in [3.63, 3.8) is 0 Å². The van der Waals surface area contributed by atoms with Gasteiger partial charge < -0.3 is 15.0 Å². The number of anilines is 1. The van der Waals surface area contributed by atoms with Crippen LogP contribution in [0, 0.1) is 17.1 Å². The van der Waals surface area contributed by atoms with Gasteiger partial charge in [0.1, 0.15) is 23.2 Å². The van der Waals surface area contributed by atoms with E-state index in [-0.39, 0.29) is 23.3 Å². The molecular formula is C31H33F2N7O. The third kappa shape index (κ3) is 5.16. The van der Waals surface area contributed by atoms with Gasteiger partial charge in [-0.05, 0) is 50.2 Å². The summed E-state index contributed by atoms with van der Waals surface area (Å²) in [5.74, 6) is 0.0109. The average Bonchev–Trinajstić information content (AvgIpc) is 3.75. The van der Waals surface area contributed by atoms with Crippen molar-refractivity contribution in [2.24, 2.45) is 0 Å². The van der Waals surface area contributed by atoms with Crippen molar-refractivity contribution in [2.45, 2.75) is 43.9 Å². The average molecular weight is 558 g/mol. The van der Waals surface area contributed by atoms with Crippen molar-refractivity contribution in [1.82, 2.24) is 25.2 Å². The zero-order valence-corrected chi connectivity index (χ0v) is 23.3. The van der Waals surface area contributed by atoms with Crippen LogP contribution in [0.3, 0.4) is 0 Å². The van der Waals surface area contributed by atoms with Gasteiger partial charge >= 0.3 is 6.01 Å². The quantitative estimate of drug-likeness (QED) is 0.381. The van der Waals surface area contributed by atoms with E-state index in [9.17, 15) is 9.65 Å². The number of hydrogen-bond acceptors (Lipinski definition) is 8. The summed E-state index contributed by atoms with van der Waals surface area (Å²) in [6, 6.07) is 14.1. The van der Waals surface area contributed by atoms with Gasteiger partial charge in [-0.25, -0.2) is 8.78 Å². The molecule has 2 aromatic carbocycles. The highest BCUT2D eigenvalue weighted by Gasteiger charge is 2.34. The van der Waals surface area contributed by atoms with E-state index in [1.807, 2.05) is 36.2 Å². The number of halogens is 2. The number of hydrogen-bond donors (Lipinski definition) is 1. The van der Waals surface area contributed by atoms with Gasteiger partial charge in [-0.3, -0.25) is 9.88 Å². The smallest absolute Gasteiger partial charge is 0.318 e. The molecule has 41 heavy (non-hydrogen) atoms. The van der Waals surface area contributed by atoms with Gasteiger partial charge in [0.15, 0.2) is 5.82 Å². The maximum absolute atomic E-state index is 15.9. The molecule has 8 nitrogen and oxygen atoms in total. The van der Waals surface area contributed by atoms with Crippen molar-refractivity contribution in [2.75, 3.05) is 45.2 Å². The monoisotopic (exact) mass is 557 g/mol. The molecule has 1 N–H and O–H groups in total. The second-order valence-electron chi connectivity index (χ2n) is 10.9. The molecule has 3 fully saturated rings. The van der Waals surface area contributed by atoms with Crippen LogP contribution < -0.4 is 15.0 Å². The van der Waals surface area contributed by atoms with Crippen molar-refractivity contribution < 1.29 is 13.5 Å². The van der Waals surface area contributed by atoms with Crippen LogP contribution in [0.4, 0.5) is 14.6 Å². The lowest BCUT2D eigenvalue weighted by atomic mass is 9.97. The van der Waals surface area contributed by atoms with Gasteiger partial charge in [-0.15, -0.1) is 0 Å². The number of nitrogens with one attached hydrogen (secondary N) is 1. The molecule has 0 spiro atoms. The number of rotatable bonds is 4. The summed E-state index contributed by atoms with van der Waals surface area (Å²) in [5, 5.41) is 15.0. The van der Waals surface area contributed by atoms with Crippen LogP contribution in [0.1, 0.15) is 31.2 Å². The lowest BCUT2D eigenvalue weighted by Crippen LogP contribution is -2.34. The summed E-state index contributed by atoms with van der Waals surface area (Å²) in [7, 11) is 3.40. The van der Waals surface area contributed by atoms with Crippen molar-refractivity contribution >= 4 is 27.5 Å². The lowest BCUT2D eigenvalue weighted by Gasteiger charge is -2.26. The summed E-state index contributed by atoms with van der Waals surface area (Å²) in [5.41, 5.74) is 1.30. The molecule has 3 unspecified atom stereocenters. The molecule has 0 bridgehead atoms. The van der Waals surface area contributed by atoms with Crippen molar-refractivity contribution in [3.8, 4) is 23.3 Å². The van der Waals surface area contributed by atoms with E-state index in [0.717, 1.165) is 37.9 Å². The number of ether oxygens (including phenoxy) is 1. The summed E-state index contributed by atoms with van der Waals surface area (Å²) in [6.07, 6.45) is 5.38. The molecule has 10 heteroatoms. The van der Waals surface area contributed by atoms with Gasteiger partial charge in [0.2, 0.25) is 0 Å². The molecular weight excluding hydrogens is 524 g/mol. The van der Waals surface area contributed by atoms with Crippen molar-refractivity contribution in [3.05, 3.63) is 54.0 Å². The number of likely N-dealkylation sites (N-methyl/N-ethyl adjacent to an activating group) is 1. The standard InChI is InChI=1S/C24H21FN6O.C7H12FN/c1-31(16-9-10-27-12-16)23-18-13-28-21(20(25)22(18)29-24(30-23)32-2)17-8-4-6-14-5-3-7-15(11-26)19(14)17;8-6-4-7-2-1-3-9(7)5-6/h3-8,13,16,27H,9-10,12H2,1-2H3;6-7H,1-5H2. The maximum Gasteiger partial charge on any atom is 0.318 e. The molecule has 212 valence electrons. The second-order valence-corrected chi connectivity index (χ2v) is 10.9. The van der Waals surface area contributed by atoms with E-state index in [1.165, 1.54) is 20.0 Å². The predicted octanol–water partition coefficient (Wildman–Crippen LogP) is 4.86. The Balaban J connectivity index is 0.000000283. The first kappa shape index (κ1) is 27.2. The molecule has 0 radical (unpaired) electrons.